The summed E-state index contributed by atoms with van der Waals surface area (Å²) in [5.74, 6) is -0.309. The fourth-order valence-corrected chi connectivity index (χ4v) is 0.670. The molecule has 0 aliphatic heterocycles. The van der Waals surface area contributed by atoms with Crippen LogP contribution in [0.4, 0.5) is 8.78 Å². The molecule has 0 radical (unpaired) electrons. The van der Waals surface area contributed by atoms with Crippen molar-refractivity contribution < 1.29 is 13.2 Å². The number of nitrogens with zero attached hydrogens (tertiary/aromatic N) is 2. The maximum Gasteiger partial charge on any atom is 0.314 e. The van der Waals surface area contributed by atoms with Gasteiger partial charge in [0.05, 0.1) is 0 Å². The molecule has 0 N–H and O–H groups in total. The lowest BCUT2D eigenvalue weighted by molar-refractivity contribution is 0.113. The van der Waals surface area contributed by atoms with Crippen LogP contribution in [-0.4, -0.2) is 10.2 Å². The molecular formula is C8H14F2N2O. The van der Waals surface area contributed by atoms with Gasteiger partial charge in [-0.15, -0.1) is 10.2 Å². The maximum atomic E-state index is 11.8. The SMILES string of the molecule is CC.CCCc1nnc(C(F)F)o1. The number of hydrogen-bond acceptors (Lipinski definition) is 3. The minimum Gasteiger partial charge on any atom is -0.420 e. The van der Waals surface area contributed by atoms with Gasteiger partial charge >= 0.3 is 6.43 Å². The molecule has 1 aromatic rings. The highest BCUT2D eigenvalue weighted by molar-refractivity contribution is 4.82. The molecule has 1 heterocycles. The molecule has 0 saturated heterocycles. The second-order valence-electron chi connectivity index (χ2n) is 2.08. The van der Waals surface area contributed by atoms with Crippen LogP contribution < -0.4 is 0 Å². The van der Waals surface area contributed by atoms with E-state index in [1.165, 1.54) is 0 Å². The Balaban J connectivity index is 0.000000671. The van der Waals surface area contributed by atoms with Crippen LogP contribution in [0.2, 0.25) is 0 Å². The van der Waals surface area contributed by atoms with Crippen LogP contribution in [0.15, 0.2) is 4.42 Å². The predicted octanol–water partition coefficient (Wildman–Crippen LogP) is 2.99. The fourth-order valence-electron chi connectivity index (χ4n) is 0.670. The summed E-state index contributed by atoms with van der Waals surface area (Å²) in [6.45, 7) is 5.91. The Kier molecular flexibility index (Phi) is 6.01. The van der Waals surface area contributed by atoms with Crippen molar-refractivity contribution in [2.75, 3.05) is 0 Å². The number of alkyl halides is 2. The molecule has 0 aliphatic carbocycles. The van der Waals surface area contributed by atoms with Gasteiger partial charge in [0.15, 0.2) is 0 Å². The van der Waals surface area contributed by atoms with Crippen molar-refractivity contribution in [3.05, 3.63) is 11.8 Å². The third-order valence-electron chi connectivity index (χ3n) is 1.13. The van der Waals surface area contributed by atoms with E-state index >= 15 is 0 Å². The minimum absolute atomic E-state index is 0.280. The zero-order chi connectivity index (χ0) is 10.3. The van der Waals surface area contributed by atoms with Crippen molar-refractivity contribution in [1.29, 1.82) is 0 Å². The number of hydrogen-bond donors (Lipinski definition) is 0. The highest BCUT2D eigenvalue weighted by atomic mass is 19.3. The van der Waals surface area contributed by atoms with Gasteiger partial charge in [0.1, 0.15) is 0 Å². The molecular weight excluding hydrogens is 178 g/mol. The predicted molar refractivity (Wildman–Crippen MR) is 44.6 cm³/mol. The Hall–Kier alpha value is -1.00. The molecule has 3 nitrogen and oxygen atoms in total. The van der Waals surface area contributed by atoms with Crippen molar-refractivity contribution in [2.45, 2.75) is 40.0 Å². The largest absolute Gasteiger partial charge is 0.420 e. The Labute approximate surface area is 76.2 Å². The van der Waals surface area contributed by atoms with E-state index in [9.17, 15) is 8.78 Å². The molecule has 13 heavy (non-hydrogen) atoms. The van der Waals surface area contributed by atoms with Gasteiger partial charge in [0.2, 0.25) is 5.89 Å². The second-order valence-corrected chi connectivity index (χ2v) is 2.08. The molecule has 1 aromatic heterocycles. The lowest BCUT2D eigenvalue weighted by atomic mass is 10.3. The molecule has 0 aromatic carbocycles. The summed E-state index contributed by atoms with van der Waals surface area (Å²) in [4.78, 5) is 0. The Bertz CT molecular complexity index is 226. The van der Waals surface area contributed by atoms with Crippen molar-refractivity contribution >= 4 is 0 Å². The first-order valence-corrected chi connectivity index (χ1v) is 4.34. The number of aryl methyl sites for hydroxylation is 1. The van der Waals surface area contributed by atoms with Crippen LogP contribution in [0.25, 0.3) is 0 Å². The monoisotopic (exact) mass is 192 g/mol. The van der Waals surface area contributed by atoms with E-state index in [1.54, 1.807) is 0 Å². The second kappa shape index (κ2) is 6.51. The van der Waals surface area contributed by atoms with Crippen LogP contribution in [-0.2, 0) is 6.42 Å². The van der Waals surface area contributed by atoms with E-state index < -0.39 is 12.3 Å². The van der Waals surface area contributed by atoms with Gasteiger partial charge in [-0.2, -0.15) is 8.78 Å². The zero-order valence-corrected chi connectivity index (χ0v) is 8.05. The van der Waals surface area contributed by atoms with E-state index in [2.05, 4.69) is 14.6 Å². The molecule has 76 valence electrons. The lowest BCUT2D eigenvalue weighted by Gasteiger charge is -1.87. The summed E-state index contributed by atoms with van der Waals surface area (Å²) in [6.07, 6.45) is -1.29. The third kappa shape index (κ3) is 3.96. The van der Waals surface area contributed by atoms with Crippen molar-refractivity contribution in [1.82, 2.24) is 10.2 Å². The van der Waals surface area contributed by atoms with Gasteiger partial charge in [-0.3, -0.25) is 0 Å². The molecule has 0 unspecified atom stereocenters. The normalized spacial score (nSPS) is 9.69. The third-order valence-corrected chi connectivity index (χ3v) is 1.13. The molecule has 0 amide bonds. The van der Waals surface area contributed by atoms with Gasteiger partial charge in [-0.1, -0.05) is 20.8 Å². The molecule has 5 heteroatoms. The average Bonchev–Trinajstić information content (AvgIpc) is 2.57. The molecule has 0 spiro atoms. The number of aromatic nitrogens is 2. The van der Waals surface area contributed by atoms with Gasteiger partial charge < -0.3 is 4.42 Å². The smallest absolute Gasteiger partial charge is 0.314 e. The van der Waals surface area contributed by atoms with Gasteiger partial charge in [-0.25, -0.2) is 0 Å². The van der Waals surface area contributed by atoms with Crippen LogP contribution in [0.5, 0.6) is 0 Å². The maximum absolute atomic E-state index is 11.8. The van der Waals surface area contributed by atoms with Crippen LogP contribution in [0.3, 0.4) is 0 Å². The summed E-state index contributed by atoms with van der Waals surface area (Å²) in [6, 6.07) is 0. The summed E-state index contributed by atoms with van der Waals surface area (Å²) in [7, 11) is 0. The van der Waals surface area contributed by atoms with Crippen LogP contribution in [0.1, 0.15) is 45.4 Å². The highest BCUT2D eigenvalue weighted by Crippen LogP contribution is 2.16. The quantitative estimate of drug-likeness (QED) is 0.738. The minimum atomic E-state index is -2.66. The summed E-state index contributed by atoms with van der Waals surface area (Å²) < 4.78 is 28.3. The number of halogens is 2. The summed E-state index contributed by atoms with van der Waals surface area (Å²) in [5.41, 5.74) is 0. The Morgan fingerprint density at radius 1 is 1.31 bits per heavy atom. The number of rotatable bonds is 3. The van der Waals surface area contributed by atoms with Gasteiger partial charge in [0, 0.05) is 6.42 Å². The standard InChI is InChI=1S/C6H8F2N2O.C2H6/c1-2-3-4-9-10-6(11-4)5(7)8;1-2/h5H,2-3H2,1H3;1-2H3. The van der Waals surface area contributed by atoms with Gasteiger partial charge in [-0.05, 0) is 6.42 Å². The van der Waals surface area contributed by atoms with E-state index in [4.69, 9.17) is 0 Å². The zero-order valence-electron chi connectivity index (χ0n) is 8.05. The van der Waals surface area contributed by atoms with E-state index in [-0.39, 0.29) is 5.89 Å². The van der Waals surface area contributed by atoms with Gasteiger partial charge in [0.25, 0.3) is 5.89 Å². The Morgan fingerprint density at radius 3 is 2.31 bits per heavy atom. The molecule has 0 atom stereocenters. The fraction of sp³-hybridized carbons (Fsp3) is 0.750. The van der Waals surface area contributed by atoms with Crippen molar-refractivity contribution in [3.8, 4) is 0 Å². The first-order chi connectivity index (χ1) is 6.24. The molecule has 0 fully saturated rings. The molecule has 0 saturated carbocycles. The summed E-state index contributed by atoms with van der Waals surface area (Å²) >= 11 is 0. The first-order valence-electron chi connectivity index (χ1n) is 4.34. The van der Waals surface area contributed by atoms with Crippen LogP contribution in [0, 0.1) is 0 Å². The Morgan fingerprint density at radius 2 is 1.92 bits per heavy atom. The topological polar surface area (TPSA) is 38.9 Å². The average molecular weight is 192 g/mol. The lowest BCUT2D eigenvalue weighted by Crippen LogP contribution is -1.81. The summed E-state index contributed by atoms with van der Waals surface area (Å²) in [5, 5.41) is 6.60. The van der Waals surface area contributed by atoms with E-state index in [0.29, 0.717) is 6.42 Å². The van der Waals surface area contributed by atoms with Crippen molar-refractivity contribution in [2.24, 2.45) is 0 Å². The van der Waals surface area contributed by atoms with E-state index in [1.807, 2.05) is 20.8 Å². The first kappa shape index (κ1) is 12.0. The van der Waals surface area contributed by atoms with Crippen molar-refractivity contribution in [3.63, 3.8) is 0 Å². The molecule has 0 aliphatic rings. The molecule has 1 rings (SSSR count). The molecule has 0 bridgehead atoms. The van der Waals surface area contributed by atoms with E-state index in [0.717, 1.165) is 6.42 Å². The van der Waals surface area contributed by atoms with Crippen LogP contribution >= 0.6 is 0 Å². The highest BCUT2D eigenvalue weighted by Gasteiger charge is 2.14.